The summed E-state index contributed by atoms with van der Waals surface area (Å²) in [6, 6.07) is 5.72. The minimum absolute atomic E-state index is 0.0547. The van der Waals surface area contributed by atoms with Crippen LogP contribution in [0.2, 0.25) is 0 Å². The smallest absolute Gasteiger partial charge is 0.263 e. The summed E-state index contributed by atoms with van der Waals surface area (Å²) in [5.74, 6) is 0.735. The molecule has 0 saturated heterocycles. The summed E-state index contributed by atoms with van der Waals surface area (Å²) in [6.45, 7) is 4.61. The maximum atomic E-state index is 12.0. The molecule has 0 saturated carbocycles. The molecule has 3 aromatic heterocycles. The second kappa shape index (κ2) is 8.02. The highest BCUT2D eigenvalue weighted by Crippen LogP contribution is 2.25. The van der Waals surface area contributed by atoms with E-state index in [4.69, 9.17) is 4.52 Å². The van der Waals surface area contributed by atoms with Crippen molar-refractivity contribution in [2.45, 2.75) is 33.1 Å². The van der Waals surface area contributed by atoms with Crippen LogP contribution in [0, 0.1) is 6.92 Å². The average molecular weight is 356 g/mol. The van der Waals surface area contributed by atoms with E-state index in [-0.39, 0.29) is 5.91 Å². The summed E-state index contributed by atoms with van der Waals surface area (Å²) in [7, 11) is 0. The molecule has 0 aliphatic heterocycles. The van der Waals surface area contributed by atoms with Gasteiger partial charge in [-0.25, -0.2) is 4.98 Å². The summed E-state index contributed by atoms with van der Waals surface area (Å²) in [6.07, 6.45) is 5.77. The number of hydrogen-bond acceptors (Lipinski definition) is 6. The number of nitrogens with one attached hydrogen (secondary N) is 1. The lowest BCUT2D eigenvalue weighted by Gasteiger charge is -2.01. The van der Waals surface area contributed by atoms with Gasteiger partial charge in [0, 0.05) is 24.7 Å². The van der Waals surface area contributed by atoms with Gasteiger partial charge < -0.3 is 9.84 Å². The number of carbonyl (C=O) groups is 1. The predicted molar refractivity (Wildman–Crippen MR) is 96.6 cm³/mol. The molecule has 3 rings (SSSR count). The number of hydrogen-bond donors (Lipinski definition) is 1. The monoisotopic (exact) mass is 356 g/mol. The van der Waals surface area contributed by atoms with Gasteiger partial charge in [-0.1, -0.05) is 18.1 Å². The summed E-state index contributed by atoms with van der Waals surface area (Å²) in [5.41, 5.74) is 2.61. The number of pyridine rings is 1. The van der Waals surface area contributed by atoms with E-state index in [1.54, 1.807) is 12.4 Å². The van der Waals surface area contributed by atoms with E-state index in [0.717, 1.165) is 47.0 Å². The number of thiazole rings is 1. The molecular weight excluding hydrogens is 336 g/mol. The molecule has 0 fully saturated rings. The molecule has 1 amide bonds. The van der Waals surface area contributed by atoms with E-state index in [1.165, 1.54) is 11.3 Å². The summed E-state index contributed by atoms with van der Waals surface area (Å²) in [5, 5.41) is 7.94. The zero-order valence-electron chi connectivity index (χ0n) is 14.3. The van der Waals surface area contributed by atoms with Gasteiger partial charge in [0.15, 0.2) is 0 Å². The minimum atomic E-state index is -0.0547. The highest BCUT2D eigenvalue weighted by Gasteiger charge is 2.17. The normalized spacial score (nSPS) is 10.8. The fraction of sp³-hybridized carbons (Fsp3) is 0.333. The minimum Gasteiger partial charge on any atom is -0.361 e. The Balaban J connectivity index is 1.70. The van der Waals surface area contributed by atoms with Crippen molar-refractivity contribution < 1.29 is 9.32 Å². The van der Waals surface area contributed by atoms with Crippen LogP contribution >= 0.6 is 11.3 Å². The number of carbonyl (C=O) groups excluding carboxylic acids is 1. The van der Waals surface area contributed by atoms with Gasteiger partial charge in [-0.15, -0.1) is 11.3 Å². The lowest BCUT2D eigenvalue weighted by molar-refractivity contribution is 0.0957. The van der Waals surface area contributed by atoms with Crippen LogP contribution in [-0.2, 0) is 12.8 Å². The third-order valence-electron chi connectivity index (χ3n) is 3.79. The number of rotatable bonds is 7. The molecule has 7 heteroatoms. The van der Waals surface area contributed by atoms with Crippen LogP contribution in [0.15, 0.2) is 35.1 Å². The van der Waals surface area contributed by atoms with Crippen LogP contribution < -0.4 is 5.32 Å². The number of aryl methyl sites for hydroxylation is 2. The third kappa shape index (κ3) is 4.11. The Kier molecular flexibility index (Phi) is 5.55. The van der Waals surface area contributed by atoms with Gasteiger partial charge >= 0.3 is 0 Å². The summed E-state index contributed by atoms with van der Waals surface area (Å²) < 4.78 is 5.36. The Labute approximate surface area is 150 Å². The molecule has 0 aromatic carbocycles. The summed E-state index contributed by atoms with van der Waals surface area (Å²) in [4.78, 5) is 21.3. The van der Waals surface area contributed by atoms with Crippen LogP contribution in [0.25, 0.3) is 11.4 Å². The number of amides is 1. The van der Waals surface area contributed by atoms with Crippen molar-refractivity contribution >= 4 is 17.2 Å². The molecule has 0 aliphatic carbocycles. The van der Waals surface area contributed by atoms with Gasteiger partial charge in [0.25, 0.3) is 5.91 Å². The van der Waals surface area contributed by atoms with E-state index in [2.05, 4.69) is 20.4 Å². The van der Waals surface area contributed by atoms with E-state index in [0.29, 0.717) is 11.4 Å². The van der Waals surface area contributed by atoms with E-state index >= 15 is 0 Å². The van der Waals surface area contributed by atoms with Crippen molar-refractivity contribution in [1.29, 1.82) is 0 Å². The first-order valence-electron chi connectivity index (χ1n) is 8.28. The zero-order valence-corrected chi connectivity index (χ0v) is 15.1. The maximum Gasteiger partial charge on any atom is 0.263 e. The van der Waals surface area contributed by atoms with Gasteiger partial charge in [0.05, 0.1) is 16.9 Å². The molecule has 3 aromatic rings. The molecule has 6 nitrogen and oxygen atoms in total. The van der Waals surface area contributed by atoms with E-state index in [9.17, 15) is 4.79 Å². The lowest BCUT2D eigenvalue weighted by Crippen LogP contribution is -2.22. The number of nitrogens with zero attached hydrogens (tertiary/aromatic N) is 3. The van der Waals surface area contributed by atoms with Crippen LogP contribution in [0.1, 0.15) is 39.3 Å². The Morgan fingerprint density at radius 2 is 2.16 bits per heavy atom. The standard InChI is InChI=1S/C18H20N4O2S/c1-3-9-20-18(23)15-11-21-16(25-15)8-7-13-12(2)24-22-17(13)14-6-4-5-10-19-14/h4-6,10-11H,3,7-9H2,1-2H3,(H,20,23). The highest BCUT2D eigenvalue weighted by atomic mass is 32.1. The topological polar surface area (TPSA) is 80.9 Å². The zero-order chi connectivity index (χ0) is 17.6. The van der Waals surface area contributed by atoms with Crippen LogP contribution in [0.3, 0.4) is 0 Å². The predicted octanol–water partition coefficient (Wildman–Crippen LogP) is 3.43. The van der Waals surface area contributed by atoms with Crippen molar-refractivity contribution in [3.8, 4) is 11.4 Å². The largest absolute Gasteiger partial charge is 0.361 e. The van der Waals surface area contributed by atoms with Crippen molar-refractivity contribution in [3.63, 3.8) is 0 Å². The first kappa shape index (κ1) is 17.3. The molecule has 0 bridgehead atoms. The van der Waals surface area contributed by atoms with Gasteiger partial charge in [-0.05, 0) is 31.9 Å². The fourth-order valence-electron chi connectivity index (χ4n) is 2.48. The van der Waals surface area contributed by atoms with Crippen LogP contribution in [0.5, 0.6) is 0 Å². The van der Waals surface area contributed by atoms with E-state index in [1.807, 2.05) is 32.0 Å². The van der Waals surface area contributed by atoms with Gasteiger partial charge in [0.1, 0.15) is 16.3 Å². The van der Waals surface area contributed by atoms with Crippen molar-refractivity contribution in [2.24, 2.45) is 0 Å². The SMILES string of the molecule is CCCNC(=O)c1cnc(CCc2c(-c3ccccn3)noc2C)s1. The van der Waals surface area contributed by atoms with E-state index < -0.39 is 0 Å². The Morgan fingerprint density at radius 3 is 2.92 bits per heavy atom. The second-order valence-electron chi connectivity index (χ2n) is 5.66. The molecule has 0 radical (unpaired) electrons. The number of aromatic nitrogens is 3. The molecule has 25 heavy (non-hydrogen) atoms. The molecule has 1 N–H and O–H groups in total. The molecule has 0 unspecified atom stereocenters. The van der Waals surface area contributed by atoms with Gasteiger partial charge in [0.2, 0.25) is 0 Å². The molecule has 3 heterocycles. The first-order chi connectivity index (χ1) is 12.2. The molecule has 0 atom stereocenters. The average Bonchev–Trinajstić information content (AvgIpc) is 3.25. The quantitative estimate of drug-likeness (QED) is 0.701. The third-order valence-corrected chi connectivity index (χ3v) is 4.85. The first-order valence-corrected chi connectivity index (χ1v) is 9.10. The maximum absolute atomic E-state index is 12.0. The van der Waals surface area contributed by atoms with Gasteiger partial charge in [-0.3, -0.25) is 9.78 Å². The molecule has 130 valence electrons. The fourth-order valence-corrected chi connectivity index (χ4v) is 3.31. The second-order valence-corrected chi connectivity index (χ2v) is 6.77. The Hall–Kier alpha value is -2.54. The highest BCUT2D eigenvalue weighted by molar-refractivity contribution is 7.13. The van der Waals surface area contributed by atoms with Crippen molar-refractivity contribution in [1.82, 2.24) is 20.4 Å². The van der Waals surface area contributed by atoms with Crippen molar-refractivity contribution in [3.05, 3.63) is 51.8 Å². The molecule has 0 aliphatic rings. The van der Waals surface area contributed by atoms with Crippen molar-refractivity contribution in [2.75, 3.05) is 6.54 Å². The molecule has 0 spiro atoms. The van der Waals surface area contributed by atoms with Crippen LogP contribution in [0.4, 0.5) is 0 Å². The molecular formula is C18H20N4O2S. The summed E-state index contributed by atoms with van der Waals surface area (Å²) >= 11 is 1.43. The Bertz CT molecular complexity index is 842. The van der Waals surface area contributed by atoms with Gasteiger partial charge in [-0.2, -0.15) is 0 Å². The lowest BCUT2D eigenvalue weighted by atomic mass is 10.1. The van der Waals surface area contributed by atoms with Crippen LogP contribution in [-0.4, -0.2) is 27.6 Å². The Morgan fingerprint density at radius 1 is 1.28 bits per heavy atom.